The second-order valence-corrected chi connectivity index (χ2v) is 9.45. The molecule has 0 bridgehead atoms. The number of esters is 1. The standard InChI is InChI=1S/C26H29NO3/c1-15(2)30-25(29)22-16(3)27-20-13-26(4,5)14-21(28)24(20)23(22)19-12-8-10-17-9-6-7-11-18(17)19/h6-12,15,23,27H,13-14H2,1-5H3. The summed E-state index contributed by atoms with van der Waals surface area (Å²) in [4.78, 5) is 26.6. The van der Waals surface area contributed by atoms with E-state index in [9.17, 15) is 9.59 Å². The van der Waals surface area contributed by atoms with Gasteiger partial charge in [0.1, 0.15) is 0 Å². The third-order valence-corrected chi connectivity index (χ3v) is 5.94. The van der Waals surface area contributed by atoms with Crippen molar-refractivity contribution in [2.45, 2.75) is 59.5 Å². The molecule has 4 heteroatoms. The van der Waals surface area contributed by atoms with Crippen LogP contribution in [0.15, 0.2) is 65.0 Å². The zero-order valence-corrected chi connectivity index (χ0v) is 18.3. The molecule has 1 aliphatic carbocycles. The first-order valence-electron chi connectivity index (χ1n) is 10.6. The van der Waals surface area contributed by atoms with Gasteiger partial charge in [0.2, 0.25) is 0 Å². The van der Waals surface area contributed by atoms with Crippen molar-refractivity contribution in [3.63, 3.8) is 0 Å². The number of ether oxygens (including phenoxy) is 1. The maximum Gasteiger partial charge on any atom is 0.337 e. The van der Waals surface area contributed by atoms with E-state index >= 15 is 0 Å². The molecular formula is C26H29NO3. The number of nitrogens with one attached hydrogen (secondary N) is 1. The van der Waals surface area contributed by atoms with Crippen LogP contribution in [0, 0.1) is 5.41 Å². The lowest BCUT2D eigenvalue weighted by molar-refractivity contribution is -0.143. The van der Waals surface area contributed by atoms with Gasteiger partial charge in [0.25, 0.3) is 0 Å². The zero-order chi connectivity index (χ0) is 21.6. The van der Waals surface area contributed by atoms with E-state index in [2.05, 4.69) is 37.4 Å². The number of Topliss-reactive ketones (excluding diaryl/α,β-unsaturated/α-hetero) is 1. The second-order valence-electron chi connectivity index (χ2n) is 9.45. The highest BCUT2D eigenvalue weighted by atomic mass is 16.5. The summed E-state index contributed by atoms with van der Waals surface area (Å²) in [5.41, 5.74) is 3.82. The number of fused-ring (bicyclic) bond motifs is 1. The molecular weight excluding hydrogens is 374 g/mol. The van der Waals surface area contributed by atoms with Gasteiger partial charge in [0.15, 0.2) is 5.78 Å². The van der Waals surface area contributed by atoms with Crippen molar-refractivity contribution in [3.05, 3.63) is 70.6 Å². The first-order valence-corrected chi connectivity index (χ1v) is 10.6. The highest BCUT2D eigenvalue weighted by Gasteiger charge is 2.43. The Morgan fingerprint density at radius 2 is 1.80 bits per heavy atom. The molecule has 4 rings (SSSR count). The Balaban J connectivity index is 1.96. The molecule has 0 saturated heterocycles. The quantitative estimate of drug-likeness (QED) is 0.698. The fourth-order valence-electron chi connectivity index (χ4n) is 4.80. The molecule has 0 aromatic heterocycles. The van der Waals surface area contributed by atoms with Crippen molar-refractivity contribution < 1.29 is 14.3 Å². The van der Waals surface area contributed by atoms with Gasteiger partial charge in [-0.05, 0) is 48.9 Å². The Labute approximate surface area is 178 Å². The molecule has 1 heterocycles. The van der Waals surface area contributed by atoms with Crippen molar-refractivity contribution in [3.8, 4) is 0 Å². The summed E-state index contributed by atoms with van der Waals surface area (Å²) >= 11 is 0. The fraction of sp³-hybridized carbons (Fsp3) is 0.385. The van der Waals surface area contributed by atoms with Crippen molar-refractivity contribution in [2.75, 3.05) is 0 Å². The Bertz CT molecular complexity index is 1100. The maximum atomic E-state index is 13.4. The largest absolute Gasteiger partial charge is 0.460 e. The summed E-state index contributed by atoms with van der Waals surface area (Å²) < 4.78 is 5.61. The van der Waals surface area contributed by atoms with Crippen LogP contribution >= 0.6 is 0 Å². The van der Waals surface area contributed by atoms with Gasteiger partial charge < -0.3 is 10.1 Å². The molecule has 2 aliphatic rings. The Kier molecular flexibility index (Phi) is 5.05. The summed E-state index contributed by atoms with van der Waals surface area (Å²) in [6, 6.07) is 14.2. The van der Waals surface area contributed by atoms with Crippen LogP contribution in [-0.4, -0.2) is 17.9 Å². The molecule has 30 heavy (non-hydrogen) atoms. The van der Waals surface area contributed by atoms with Crippen LogP contribution in [0.4, 0.5) is 0 Å². The molecule has 1 unspecified atom stereocenters. The van der Waals surface area contributed by atoms with E-state index in [1.807, 2.05) is 45.0 Å². The van der Waals surface area contributed by atoms with Crippen LogP contribution in [0.2, 0.25) is 0 Å². The van der Waals surface area contributed by atoms with E-state index in [-0.39, 0.29) is 23.3 Å². The highest BCUT2D eigenvalue weighted by Crippen LogP contribution is 2.48. The number of carbonyl (C=O) groups is 2. The maximum absolute atomic E-state index is 13.4. The molecule has 2 aromatic rings. The summed E-state index contributed by atoms with van der Waals surface area (Å²) in [6.07, 6.45) is 1.02. The van der Waals surface area contributed by atoms with Crippen LogP contribution in [0.5, 0.6) is 0 Å². The summed E-state index contributed by atoms with van der Waals surface area (Å²) in [5.74, 6) is -0.687. The van der Waals surface area contributed by atoms with Gasteiger partial charge >= 0.3 is 5.97 Å². The topological polar surface area (TPSA) is 55.4 Å². The van der Waals surface area contributed by atoms with E-state index in [0.29, 0.717) is 17.6 Å². The number of ketones is 1. The highest BCUT2D eigenvalue weighted by molar-refractivity contribution is 6.05. The summed E-state index contributed by atoms with van der Waals surface area (Å²) in [6.45, 7) is 9.83. The van der Waals surface area contributed by atoms with Gasteiger partial charge in [0.05, 0.1) is 11.7 Å². The van der Waals surface area contributed by atoms with Crippen LogP contribution in [0.3, 0.4) is 0 Å². The lowest BCUT2D eigenvalue weighted by Gasteiger charge is -2.39. The first kappa shape index (κ1) is 20.4. The van der Waals surface area contributed by atoms with Crippen LogP contribution in [-0.2, 0) is 14.3 Å². The first-order chi connectivity index (χ1) is 14.2. The van der Waals surface area contributed by atoms with Crippen molar-refractivity contribution in [1.82, 2.24) is 5.32 Å². The molecule has 0 radical (unpaired) electrons. The van der Waals surface area contributed by atoms with Gasteiger partial charge in [-0.25, -0.2) is 4.79 Å². The average Bonchev–Trinajstić information content (AvgIpc) is 2.64. The van der Waals surface area contributed by atoms with Gasteiger partial charge in [0, 0.05) is 29.3 Å². The van der Waals surface area contributed by atoms with Gasteiger partial charge in [-0.2, -0.15) is 0 Å². The fourth-order valence-corrected chi connectivity index (χ4v) is 4.80. The third kappa shape index (κ3) is 3.55. The van der Waals surface area contributed by atoms with Crippen molar-refractivity contribution in [2.24, 2.45) is 5.41 Å². The average molecular weight is 404 g/mol. The SMILES string of the molecule is CC1=C(C(=O)OC(C)C)C(c2cccc3ccccc23)C2=C(CC(C)(C)CC2=O)N1. The summed E-state index contributed by atoms with van der Waals surface area (Å²) in [7, 11) is 0. The third-order valence-electron chi connectivity index (χ3n) is 5.94. The molecule has 2 aromatic carbocycles. The number of rotatable bonds is 3. The number of allylic oxidation sites excluding steroid dienone is 3. The number of carbonyl (C=O) groups excluding carboxylic acids is 2. The molecule has 0 fully saturated rings. The van der Waals surface area contributed by atoms with E-state index in [0.717, 1.165) is 34.2 Å². The van der Waals surface area contributed by atoms with Gasteiger partial charge in [-0.3, -0.25) is 4.79 Å². The predicted molar refractivity (Wildman–Crippen MR) is 119 cm³/mol. The molecule has 1 N–H and O–H groups in total. The normalized spacial score (nSPS) is 21.0. The number of benzene rings is 2. The molecule has 4 nitrogen and oxygen atoms in total. The number of hydrogen-bond acceptors (Lipinski definition) is 4. The van der Waals surface area contributed by atoms with Crippen LogP contribution < -0.4 is 5.32 Å². The van der Waals surface area contributed by atoms with Crippen LogP contribution in [0.1, 0.15) is 58.9 Å². The second kappa shape index (κ2) is 7.42. The zero-order valence-electron chi connectivity index (χ0n) is 18.3. The smallest absolute Gasteiger partial charge is 0.337 e. The lowest BCUT2D eigenvalue weighted by atomic mass is 9.68. The molecule has 0 amide bonds. The minimum absolute atomic E-state index is 0.106. The Hall–Kier alpha value is -2.88. The Morgan fingerprint density at radius 3 is 2.53 bits per heavy atom. The lowest BCUT2D eigenvalue weighted by Crippen LogP contribution is -2.39. The molecule has 0 spiro atoms. The van der Waals surface area contributed by atoms with Crippen LogP contribution in [0.25, 0.3) is 10.8 Å². The van der Waals surface area contributed by atoms with Crippen molar-refractivity contribution in [1.29, 1.82) is 0 Å². The van der Waals surface area contributed by atoms with Crippen molar-refractivity contribution >= 4 is 22.5 Å². The summed E-state index contributed by atoms with van der Waals surface area (Å²) in [5, 5.41) is 5.54. The monoisotopic (exact) mass is 403 g/mol. The number of dihydropyridines is 1. The molecule has 1 aliphatic heterocycles. The van der Waals surface area contributed by atoms with E-state index < -0.39 is 5.92 Å². The van der Waals surface area contributed by atoms with E-state index in [4.69, 9.17) is 4.74 Å². The molecule has 0 saturated carbocycles. The minimum atomic E-state index is -0.429. The minimum Gasteiger partial charge on any atom is -0.460 e. The van der Waals surface area contributed by atoms with Gasteiger partial charge in [-0.1, -0.05) is 56.3 Å². The molecule has 1 atom stereocenters. The number of hydrogen-bond donors (Lipinski definition) is 1. The van der Waals surface area contributed by atoms with Gasteiger partial charge in [-0.15, -0.1) is 0 Å². The van der Waals surface area contributed by atoms with E-state index in [1.165, 1.54) is 0 Å². The molecule has 156 valence electrons. The Morgan fingerprint density at radius 1 is 1.10 bits per heavy atom. The predicted octanol–water partition coefficient (Wildman–Crippen LogP) is 5.40. The van der Waals surface area contributed by atoms with E-state index in [1.54, 1.807) is 0 Å².